The average molecular weight is 435 g/mol. The zero-order valence-corrected chi connectivity index (χ0v) is 17.1. The summed E-state index contributed by atoms with van der Waals surface area (Å²) in [5.74, 6) is -1.19. The van der Waals surface area contributed by atoms with E-state index in [9.17, 15) is 22.4 Å². The molecule has 2 saturated heterocycles. The summed E-state index contributed by atoms with van der Waals surface area (Å²) >= 11 is 0. The number of rotatable bonds is 4. The molecule has 4 nitrogen and oxygen atoms in total. The Labute approximate surface area is 178 Å². The van der Waals surface area contributed by atoms with Gasteiger partial charge in [0.2, 0.25) is 0 Å². The largest absolute Gasteiger partial charge is 0.416 e. The molecule has 0 radical (unpaired) electrons. The Balaban J connectivity index is 1.45. The number of benzene rings is 2. The monoisotopic (exact) mass is 435 g/mol. The summed E-state index contributed by atoms with van der Waals surface area (Å²) in [7, 11) is 0. The van der Waals surface area contributed by atoms with Gasteiger partial charge in [0.1, 0.15) is 5.82 Å². The lowest BCUT2D eigenvalue weighted by molar-refractivity contribution is -0.137. The average Bonchev–Trinajstić information content (AvgIpc) is 3.28. The van der Waals surface area contributed by atoms with E-state index in [2.05, 4.69) is 15.1 Å². The molecule has 0 bridgehead atoms. The first-order chi connectivity index (χ1) is 14.8. The van der Waals surface area contributed by atoms with Crippen LogP contribution in [0.5, 0.6) is 0 Å². The third-order valence-corrected chi connectivity index (χ3v) is 6.08. The molecule has 31 heavy (non-hydrogen) atoms. The Kier molecular flexibility index (Phi) is 6.18. The van der Waals surface area contributed by atoms with Crippen molar-refractivity contribution in [3.05, 3.63) is 59.4 Å². The molecule has 2 fully saturated rings. The SMILES string of the molecule is O=C(Nc1cccc(C(F)(F)F)c1)c1cc(F)cc(N2CCC(N3CCCC3)CC2)c1. The molecule has 2 aliphatic rings. The van der Waals surface area contributed by atoms with Crippen LogP contribution < -0.4 is 10.2 Å². The van der Waals surface area contributed by atoms with Gasteiger partial charge >= 0.3 is 6.18 Å². The maximum atomic E-state index is 14.3. The van der Waals surface area contributed by atoms with Crippen LogP contribution in [-0.2, 0) is 6.18 Å². The molecule has 2 heterocycles. The number of amides is 1. The first-order valence-electron chi connectivity index (χ1n) is 10.6. The molecule has 2 aromatic carbocycles. The first kappa shape index (κ1) is 21.6. The summed E-state index contributed by atoms with van der Waals surface area (Å²) in [5.41, 5.74) is -0.147. The van der Waals surface area contributed by atoms with Gasteiger partial charge in [0.25, 0.3) is 5.91 Å². The first-order valence-corrected chi connectivity index (χ1v) is 10.6. The maximum absolute atomic E-state index is 14.3. The van der Waals surface area contributed by atoms with Gasteiger partial charge < -0.3 is 15.1 Å². The summed E-state index contributed by atoms with van der Waals surface area (Å²) < 4.78 is 52.9. The second-order valence-corrected chi connectivity index (χ2v) is 8.19. The fourth-order valence-corrected chi connectivity index (χ4v) is 4.46. The Hall–Kier alpha value is -2.61. The molecule has 1 amide bonds. The van der Waals surface area contributed by atoms with Crippen molar-refractivity contribution in [2.75, 3.05) is 36.4 Å². The fraction of sp³-hybridized carbons (Fsp3) is 0.435. The molecule has 0 aliphatic carbocycles. The molecule has 1 N–H and O–H groups in total. The van der Waals surface area contributed by atoms with Crippen molar-refractivity contribution in [2.45, 2.75) is 37.9 Å². The number of anilines is 2. The Bertz CT molecular complexity index is 933. The highest BCUT2D eigenvalue weighted by Gasteiger charge is 2.30. The number of hydrogen-bond acceptors (Lipinski definition) is 3. The quantitative estimate of drug-likeness (QED) is 0.674. The maximum Gasteiger partial charge on any atom is 0.416 e. The number of carbonyl (C=O) groups excluding carboxylic acids is 1. The molecular weight excluding hydrogens is 410 g/mol. The Morgan fingerprint density at radius 1 is 0.968 bits per heavy atom. The van der Waals surface area contributed by atoms with Crippen molar-refractivity contribution < 1.29 is 22.4 Å². The molecule has 2 aromatic rings. The van der Waals surface area contributed by atoms with E-state index in [0.29, 0.717) is 11.7 Å². The van der Waals surface area contributed by atoms with Crippen LogP contribution in [0.3, 0.4) is 0 Å². The zero-order chi connectivity index (χ0) is 22.0. The standard InChI is InChI=1S/C23H25F4N3O/c24-18-12-16(22(31)28-19-5-3-4-17(14-19)23(25,26)27)13-21(15-18)30-10-6-20(7-11-30)29-8-1-2-9-29/h3-5,12-15,20H,1-2,6-11H2,(H,28,31). The van der Waals surface area contributed by atoms with Gasteiger partial charge in [-0.1, -0.05) is 6.07 Å². The molecule has 0 aromatic heterocycles. The van der Waals surface area contributed by atoms with E-state index in [-0.39, 0.29) is 11.3 Å². The summed E-state index contributed by atoms with van der Waals surface area (Å²) in [4.78, 5) is 17.2. The van der Waals surface area contributed by atoms with E-state index >= 15 is 0 Å². The van der Waals surface area contributed by atoms with Gasteiger partial charge in [-0.05, 0) is 75.2 Å². The molecule has 8 heteroatoms. The van der Waals surface area contributed by atoms with Crippen molar-refractivity contribution in [2.24, 2.45) is 0 Å². The summed E-state index contributed by atoms with van der Waals surface area (Å²) in [6.45, 7) is 3.84. The molecule has 0 saturated carbocycles. The molecule has 2 aliphatic heterocycles. The van der Waals surface area contributed by atoms with Crippen LogP contribution in [0.2, 0.25) is 0 Å². The molecular formula is C23H25F4N3O. The minimum atomic E-state index is -4.51. The number of hydrogen-bond donors (Lipinski definition) is 1. The number of halogens is 4. The third kappa shape index (κ3) is 5.18. The lowest BCUT2D eigenvalue weighted by Crippen LogP contribution is -2.43. The van der Waals surface area contributed by atoms with E-state index in [1.54, 1.807) is 6.07 Å². The lowest BCUT2D eigenvalue weighted by Gasteiger charge is -2.38. The Morgan fingerprint density at radius 3 is 2.35 bits per heavy atom. The molecule has 0 atom stereocenters. The number of nitrogens with one attached hydrogen (secondary N) is 1. The number of carbonyl (C=O) groups is 1. The van der Waals surface area contributed by atoms with Crippen LogP contribution in [0.25, 0.3) is 0 Å². The van der Waals surface area contributed by atoms with Gasteiger partial charge in [-0.25, -0.2) is 4.39 Å². The predicted molar refractivity (Wildman–Crippen MR) is 112 cm³/mol. The predicted octanol–water partition coefficient (Wildman–Crippen LogP) is 5.16. The highest BCUT2D eigenvalue weighted by Crippen LogP contribution is 2.31. The van der Waals surface area contributed by atoms with Crippen molar-refractivity contribution in [3.63, 3.8) is 0 Å². The summed E-state index contributed by atoms with van der Waals surface area (Å²) in [5, 5.41) is 2.44. The molecule has 0 spiro atoms. The fourth-order valence-electron chi connectivity index (χ4n) is 4.46. The van der Waals surface area contributed by atoms with Crippen LogP contribution in [0.4, 0.5) is 28.9 Å². The summed E-state index contributed by atoms with van der Waals surface area (Å²) in [6, 6.07) is 9.04. The second-order valence-electron chi connectivity index (χ2n) is 8.19. The van der Waals surface area contributed by atoms with Gasteiger partial charge in [-0.2, -0.15) is 13.2 Å². The Morgan fingerprint density at radius 2 is 1.68 bits per heavy atom. The highest BCUT2D eigenvalue weighted by atomic mass is 19.4. The van der Waals surface area contributed by atoms with Crippen molar-refractivity contribution >= 4 is 17.3 Å². The summed E-state index contributed by atoms with van der Waals surface area (Å²) in [6.07, 6.45) is -0.0402. The molecule has 166 valence electrons. The highest BCUT2D eigenvalue weighted by molar-refractivity contribution is 6.04. The molecule has 4 rings (SSSR count). The number of nitrogens with zero attached hydrogens (tertiary/aromatic N) is 2. The second kappa shape index (κ2) is 8.86. The lowest BCUT2D eigenvalue weighted by atomic mass is 10.0. The van der Waals surface area contributed by atoms with Crippen molar-refractivity contribution in [3.8, 4) is 0 Å². The van der Waals surface area contributed by atoms with Crippen LogP contribution in [0, 0.1) is 5.82 Å². The van der Waals surface area contributed by atoms with Crippen LogP contribution in [0.1, 0.15) is 41.6 Å². The van der Waals surface area contributed by atoms with E-state index in [1.807, 2.05) is 0 Å². The van der Waals surface area contributed by atoms with E-state index in [4.69, 9.17) is 0 Å². The van der Waals surface area contributed by atoms with Crippen LogP contribution in [-0.4, -0.2) is 43.0 Å². The van der Waals surface area contributed by atoms with Crippen molar-refractivity contribution in [1.82, 2.24) is 4.90 Å². The number of alkyl halides is 3. The molecule has 0 unspecified atom stereocenters. The number of likely N-dealkylation sites (tertiary alicyclic amines) is 1. The van der Waals surface area contributed by atoms with E-state index in [1.165, 1.54) is 31.0 Å². The van der Waals surface area contributed by atoms with Gasteiger partial charge in [0.15, 0.2) is 0 Å². The smallest absolute Gasteiger partial charge is 0.371 e. The normalized spacial score (nSPS) is 18.4. The van der Waals surface area contributed by atoms with Gasteiger partial charge in [0.05, 0.1) is 5.56 Å². The minimum Gasteiger partial charge on any atom is -0.371 e. The van der Waals surface area contributed by atoms with E-state index in [0.717, 1.165) is 57.2 Å². The van der Waals surface area contributed by atoms with Gasteiger partial charge in [-0.3, -0.25) is 4.79 Å². The van der Waals surface area contributed by atoms with Crippen LogP contribution >= 0.6 is 0 Å². The minimum absolute atomic E-state index is 0.0112. The third-order valence-electron chi connectivity index (χ3n) is 6.08. The zero-order valence-electron chi connectivity index (χ0n) is 17.1. The number of piperidine rings is 1. The topological polar surface area (TPSA) is 35.6 Å². The van der Waals surface area contributed by atoms with Gasteiger partial charge in [-0.15, -0.1) is 0 Å². The van der Waals surface area contributed by atoms with Gasteiger partial charge in [0, 0.05) is 36.1 Å². The van der Waals surface area contributed by atoms with E-state index < -0.39 is 23.5 Å². The van der Waals surface area contributed by atoms with Crippen molar-refractivity contribution in [1.29, 1.82) is 0 Å². The van der Waals surface area contributed by atoms with Crippen LogP contribution in [0.15, 0.2) is 42.5 Å².